The van der Waals surface area contributed by atoms with E-state index in [4.69, 9.17) is 4.74 Å². The van der Waals surface area contributed by atoms with Gasteiger partial charge in [-0.25, -0.2) is 8.42 Å². The fourth-order valence-electron chi connectivity index (χ4n) is 2.43. The summed E-state index contributed by atoms with van der Waals surface area (Å²) < 4.78 is 31.9. The van der Waals surface area contributed by atoms with Crippen molar-refractivity contribution < 1.29 is 17.9 Å². The van der Waals surface area contributed by atoms with Gasteiger partial charge in [-0.05, 0) is 31.2 Å². The molecular formula is C15H22N2O4S. The van der Waals surface area contributed by atoms with E-state index in [-0.39, 0.29) is 10.8 Å². The highest BCUT2D eigenvalue weighted by Gasteiger charge is 2.29. The summed E-state index contributed by atoms with van der Waals surface area (Å²) in [5.41, 5.74) is 0. The SMILES string of the molecule is CCOc1ccc(S(=O)(=O)N2CCN(C(=O)CC)CC2)cc1. The first-order valence-electron chi connectivity index (χ1n) is 7.49. The molecule has 1 heterocycles. The van der Waals surface area contributed by atoms with Gasteiger partial charge in [-0.1, -0.05) is 6.92 Å². The number of ether oxygens (including phenoxy) is 1. The van der Waals surface area contributed by atoms with E-state index in [0.717, 1.165) is 0 Å². The van der Waals surface area contributed by atoms with Crippen molar-refractivity contribution in [1.82, 2.24) is 9.21 Å². The van der Waals surface area contributed by atoms with Gasteiger partial charge in [0.25, 0.3) is 0 Å². The maximum Gasteiger partial charge on any atom is 0.243 e. The number of sulfonamides is 1. The monoisotopic (exact) mass is 326 g/mol. The van der Waals surface area contributed by atoms with Crippen molar-refractivity contribution in [3.8, 4) is 5.75 Å². The maximum absolute atomic E-state index is 12.6. The first-order chi connectivity index (χ1) is 10.5. The second-order valence-corrected chi connectivity index (χ2v) is 6.98. The Kier molecular flexibility index (Phi) is 5.42. The van der Waals surface area contributed by atoms with Crippen molar-refractivity contribution in [3.63, 3.8) is 0 Å². The Morgan fingerprint density at radius 1 is 1.09 bits per heavy atom. The normalized spacial score (nSPS) is 16.5. The van der Waals surface area contributed by atoms with E-state index in [2.05, 4.69) is 0 Å². The lowest BCUT2D eigenvalue weighted by Gasteiger charge is -2.33. The molecule has 1 aliphatic heterocycles. The fraction of sp³-hybridized carbons (Fsp3) is 0.533. The minimum atomic E-state index is -3.51. The number of piperazine rings is 1. The quantitative estimate of drug-likeness (QED) is 0.819. The van der Waals surface area contributed by atoms with E-state index in [1.54, 1.807) is 29.2 Å². The summed E-state index contributed by atoms with van der Waals surface area (Å²) in [5.74, 6) is 0.720. The van der Waals surface area contributed by atoms with E-state index < -0.39 is 10.0 Å². The molecule has 22 heavy (non-hydrogen) atoms. The number of hydrogen-bond donors (Lipinski definition) is 0. The molecule has 0 aromatic heterocycles. The lowest BCUT2D eigenvalue weighted by molar-refractivity contribution is -0.132. The van der Waals surface area contributed by atoms with Crippen LogP contribution in [0.1, 0.15) is 20.3 Å². The second kappa shape index (κ2) is 7.11. The zero-order chi connectivity index (χ0) is 16.2. The van der Waals surface area contributed by atoms with E-state index in [9.17, 15) is 13.2 Å². The topological polar surface area (TPSA) is 66.9 Å². The van der Waals surface area contributed by atoms with E-state index in [1.807, 2.05) is 13.8 Å². The average molecular weight is 326 g/mol. The minimum absolute atomic E-state index is 0.0677. The van der Waals surface area contributed by atoms with Crippen LogP contribution < -0.4 is 4.74 Å². The van der Waals surface area contributed by atoms with Gasteiger partial charge < -0.3 is 9.64 Å². The van der Waals surface area contributed by atoms with Crippen LogP contribution in [0.2, 0.25) is 0 Å². The molecule has 7 heteroatoms. The standard InChI is InChI=1S/C15H22N2O4S/c1-3-15(18)16-9-11-17(12-10-16)22(19,20)14-7-5-13(6-8-14)21-4-2/h5-8H,3-4,9-12H2,1-2H3. The molecular weight excluding hydrogens is 304 g/mol. The van der Waals surface area contributed by atoms with Crippen LogP contribution in [0.4, 0.5) is 0 Å². The van der Waals surface area contributed by atoms with Crippen LogP contribution in [0, 0.1) is 0 Å². The minimum Gasteiger partial charge on any atom is -0.494 e. The first-order valence-corrected chi connectivity index (χ1v) is 8.93. The first kappa shape index (κ1) is 16.8. The van der Waals surface area contributed by atoms with Gasteiger partial charge in [-0.3, -0.25) is 4.79 Å². The van der Waals surface area contributed by atoms with Gasteiger partial charge in [0.15, 0.2) is 0 Å². The molecule has 0 atom stereocenters. The summed E-state index contributed by atoms with van der Waals surface area (Å²) in [7, 11) is -3.51. The van der Waals surface area contributed by atoms with Crippen LogP contribution >= 0.6 is 0 Å². The summed E-state index contributed by atoms with van der Waals surface area (Å²) in [5, 5.41) is 0. The van der Waals surface area contributed by atoms with Gasteiger partial charge in [0.2, 0.25) is 15.9 Å². The molecule has 0 saturated carbocycles. The number of hydrogen-bond acceptors (Lipinski definition) is 4. The lowest BCUT2D eigenvalue weighted by Crippen LogP contribution is -2.50. The Hall–Kier alpha value is -1.60. The van der Waals surface area contributed by atoms with Gasteiger partial charge in [0.1, 0.15) is 5.75 Å². The highest BCUT2D eigenvalue weighted by Crippen LogP contribution is 2.21. The van der Waals surface area contributed by atoms with Crippen LogP contribution in [0.5, 0.6) is 5.75 Å². The second-order valence-electron chi connectivity index (χ2n) is 5.04. The molecule has 0 bridgehead atoms. The number of rotatable bonds is 5. The van der Waals surface area contributed by atoms with E-state index in [1.165, 1.54) is 4.31 Å². The Morgan fingerprint density at radius 3 is 2.18 bits per heavy atom. The Labute approximate surface area is 131 Å². The summed E-state index contributed by atoms with van der Waals surface area (Å²) in [6, 6.07) is 6.44. The Morgan fingerprint density at radius 2 is 1.68 bits per heavy atom. The number of amides is 1. The van der Waals surface area contributed by atoms with Gasteiger partial charge in [-0.2, -0.15) is 4.31 Å². The summed E-state index contributed by atoms with van der Waals surface area (Å²) in [6.07, 6.45) is 0.450. The molecule has 0 unspecified atom stereocenters. The van der Waals surface area contributed by atoms with Crippen LogP contribution in [-0.2, 0) is 14.8 Å². The van der Waals surface area contributed by atoms with Crippen molar-refractivity contribution in [2.24, 2.45) is 0 Å². The van der Waals surface area contributed by atoms with E-state index >= 15 is 0 Å². The molecule has 1 saturated heterocycles. The zero-order valence-corrected chi connectivity index (χ0v) is 13.8. The molecule has 0 aliphatic carbocycles. The molecule has 1 fully saturated rings. The molecule has 0 radical (unpaired) electrons. The van der Waals surface area contributed by atoms with Crippen molar-refractivity contribution in [2.45, 2.75) is 25.2 Å². The van der Waals surface area contributed by atoms with Gasteiger partial charge >= 0.3 is 0 Å². The number of carbonyl (C=O) groups is 1. The summed E-state index contributed by atoms with van der Waals surface area (Å²) in [6.45, 7) is 5.79. The highest BCUT2D eigenvalue weighted by molar-refractivity contribution is 7.89. The number of carbonyl (C=O) groups excluding carboxylic acids is 1. The molecule has 1 aromatic carbocycles. The third-order valence-electron chi connectivity index (χ3n) is 3.67. The third kappa shape index (κ3) is 3.59. The Balaban J connectivity index is 2.06. The van der Waals surface area contributed by atoms with Gasteiger partial charge in [-0.15, -0.1) is 0 Å². The predicted octanol–water partition coefficient (Wildman–Crippen LogP) is 1.33. The average Bonchev–Trinajstić information content (AvgIpc) is 2.55. The van der Waals surface area contributed by atoms with Crippen molar-refractivity contribution >= 4 is 15.9 Å². The van der Waals surface area contributed by atoms with Crippen molar-refractivity contribution in [3.05, 3.63) is 24.3 Å². The molecule has 0 N–H and O–H groups in total. The Bertz CT molecular complexity index is 605. The molecule has 1 aliphatic rings. The van der Waals surface area contributed by atoms with Crippen molar-refractivity contribution in [2.75, 3.05) is 32.8 Å². The predicted molar refractivity (Wildman–Crippen MR) is 83.2 cm³/mol. The largest absolute Gasteiger partial charge is 0.494 e. The van der Waals surface area contributed by atoms with Crippen LogP contribution in [0.3, 0.4) is 0 Å². The van der Waals surface area contributed by atoms with Crippen LogP contribution in [-0.4, -0.2) is 56.3 Å². The molecule has 1 amide bonds. The molecule has 1 aromatic rings. The molecule has 122 valence electrons. The summed E-state index contributed by atoms with van der Waals surface area (Å²) in [4.78, 5) is 13.6. The maximum atomic E-state index is 12.6. The zero-order valence-electron chi connectivity index (χ0n) is 13.0. The van der Waals surface area contributed by atoms with Crippen LogP contribution in [0.25, 0.3) is 0 Å². The molecule has 6 nitrogen and oxygen atoms in total. The third-order valence-corrected chi connectivity index (χ3v) is 5.58. The summed E-state index contributed by atoms with van der Waals surface area (Å²) >= 11 is 0. The number of benzene rings is 1. The molecule has 2 rings (SSSR count). The van der Waals surface area contributed by atoms with E-state index in [0.29, 0.717) is 45.0 Å². The van der Waals surface area contributed by atoms with Crippen molar-refractivity contribution in [1.29, 1.82) is 0 Å². The molecule has 0 spiro atoms. The smallest absolute Gasteiger partial charge is 0.243 e. The lowest BCUT2D eigenvalue weighted by atomic mass is 10.3. The van der Waals surface area contributed by atoms with Crippen LogP contribution in [0.15, 0.2) is 29.2 Å². The highest BCUT2D eigenvalue weighted by atomic mass is 32.2. The van der Waals surface area contributed by atoms with Gasteiger partial charge in [0, 0.05) is 32.6 Å². The van der Waals surface area contributed by atoms with Gasteiger partial charge in [0.05, 0.1) is 11.5 Å². The fourth-order valence-corrected chi connectivity index (χ4v) is 3.85. The number of nitrogens with zero attached hydrogens (tertiary/aromatic N) is 2.